The minimum atomic E-state index is -3.65. The van der Waals surface area contributed by atoms with Crippen LogP contribution in [0.4, 0.5) is 5.69 Å². The van der Waals surface area contributed by atoms with Gasteiger partial charge in [-0.1, -0.05) is 12.8 Å². The number of hydrogen-bond donors (Lipinski definition) is 4. The van der Waals surface area contributed by atoms with Crippen molar-refractivity contribution < 1.29 is 18.6 Å². The van der Waals surface area contributed by atoms with Crippen molar-refractivity contribution >= 4 is 15.7 Å². The van der Waals surface area contributed by atoms with Gasteiger partial charge in [-0.25, -0.2) is 13.1 Å². The molecule has 7 heteroatoms. The van der Waals surface area contributed by atoms with Gasteiger partial charge in [-0.2, -0.15) is 0 Å². The molecule has 118 valence electrons. The third kappa shape index (κ3) is 3.87. The molecule has 2 atom stereocenters. The van der Waals surface area contributed by atoms with E-state index in [-0.39, 0.29) is 34.8 Å². The number of nitrogens with two attached hydrogens (primary N) is 1. The summed E-state index contributed by atoms with van der Waals surface area (Å²) in [7, 11) is -3.65. The third-order valence-corrected chi connectivity index (χ3v) is 5.57. The number of rotatable bonds is 5. The molecule has 0 bridgehead atoms. The molecule has 1 aliphatic rings. The Labute approximate surface area is 125 Å². The van der Waals surface area contributed by atoms with Crippen LogP contribution >= 0.6 is 0 Å². The van der Waals surface area contributed by atoms with Crippen molar-refractivity contribution in [3.05, 3.63) is 18.2 Å². The fourth-order valence-electron chi connectivity index (χ4n) is 2.79. The van der Waals surface area contributed by atoms with Crippen LogP contribution in [0.5, 0.6) is 5.75 Å². The lowest BCUT2D eigenvalue weighted by Gasteiger charge is -2.30. The summed E-state index contributed by atoms with van der Waals surface area (Å²) in [5.41, 5.74) is 5.56. The first-order valence-electron chi connectivity index (χ1n) is 7.13. The van der Waals surface area contributed by atoms with Crippen molar-refractivity contribution in [2.24, 2.45) is 11.8 Å². The number of anilines is 1. The topological polar surface area (TPSA) is 113 Å². The largest absolute Gasteiger partial charge is 0.506 e. The number of benzene rings is 1. The monoisotopic (exact) mass is 314 g/mol. The number of aliphatic hydroxyl groups is 1. The maximum Gasteiger partial charge on any atom is 0.240 e. The Morgan fingerprint density at radius 3 is 2.52 bits per heavy atom. The predicted molar refractivity (Wildman–Crippen MR) is 80.2 cm³/mol. The van der Waals surface area contributed by atoms with E-state index in [1.165, 1.54) is 18.2 Å². The van der Waals surface area contributed by atoms with Gasteiger partial charge in [0.1, 0.15) is 5.75 Å². The molecule has 1 fully saturated rings. The lowest BCUT2D eigenvalue weighted by atomic mass is 9.80. The molecule has 6 nitrogen and oxygen atoms in total. The first-order valence-corrected chi connectivity index (χ1v) is 8.61. The highest BCUT2D eigenvalue weighted by Gasteiger charge is 2.26. The average Bonchev–Trinajstić information content (AvgIpc) is 2.48. The quantitative estimate of drug-likeness (QED) is 0.479. The van der Waals surface area contributed by atoms with Gasteiger partial charge in [0.05, 0.1) is 10.6 Å². The second-order valence-electron chi connectivity index (χ2n) is 5.56. The van der Waals surface area contributed by atoms with Gasteiger partial charge < -0.3 is 15.9 Å². The summed E-state index contributed by atoms with van der Waals surface area (Å²) in [6.07, 6.45) is 4.01. The molecule has 5 N–H and O–H groups in total. The summed E-state index contributed by atoms with van der Waals surface area (Å²) in [5, 5.41) is 18.7. The summed E-state index contributed by atoms with van der Waals surface area (Å²) in [4.78, 5) is 0.0363. The highest BCUT2D eigenvalue weighted by Crippen LogP contribution is 2.29. The summed E-state index contributed by atoms with van der Waals surface area (Å²) in [6.45, 7) is 0.410. The average molecular weight is 314 g/mol. The Kier molecular flexibility index (Phi) is 5.08. The Balaban J connectivity index is 2.05. The van der Waals surface area contributed by atoms with Crippen LogP contribution in [0.25, 0.3) is 0 Å². The van der Waals surface area contributed by atoms with Crippen molar-refractivity contribution in [1.29, 1.82) is 0 Å². The number of aromatic hydroxyl groups is 1. The zero-order valence-corrected chi connectivity index (χ0v) is 12.6. The zero-order valence-electron chi connectivity index (χ0n) is 11.8. The normalized spacial score (nSPS) is 23.1. The molecule has 1 aliphatic carbocycles. The van der Waals surface area contributed by atoms with E-state index in [0.717, 1.165) is 25.7 Å². The molecular weight excluding hydrogens is 292 g/mol. The van der Waals surface area contributed by atoms with Crippen LogP contribution in [-0.2, 0) is 10.0 Å². The molecule has 1 aromatic rings. The molecule has 0 aromatic heterocycles. The fourth-order valence-corrected chi connectivity index (χ4v) is 3.92. The van der Waals surface area contributed by atoms with Gasteiger partial charge in [-0.15, -0.1) is 0 Å². The summed E-state index contributed by atoms with van der Waals surface area (Å²) in [5.74, 6) is 0.181. The predicted octanol–water partition coefficient (Wildman–Crippen LogP) is 1.05. The number of nitrogen functional groups attached to an aromatic ring is 1. The van der Waals surface area contributed by atoms with E-state index >= 15 is 0 Å². The van der Waals surface area contributed by atoms with Crippen LogP contribution in [0.3, 0.4) is 0 Å². The van der Waals surface area contributed by atoms with Gasteiger partial charge in [-0.3, -0.25) is 0 Å². The number of hydrogen-bond acceptors (Lipinski definition) is 5. The standard InChI is InChI=1S/C14H22N2O4S/c15-13-7-12(5-6-14(13)18)21(19,20)16-8-10-3-1-2-4-11(10)9-17/h5-7,10-11,16-18H,1-4,8-9,15H2. The maximum absolute atomic E-state index is 12.2. The maximum atomic E-state index is 12.2. The second-order valence-corrected chi connectivity index (χ2v) is 7.33. The van der Waals surface area contributed by atoms with E-state index < -0.39 is 10.0 Å². The minimum Gasteiger partial charge on any atom is -0.506 e. The second kappa shape index (κ2) is 6.64. The van der Waals surface area contributed by atoms with Gasteiger partial charge in [0.15, 0.2) is 0 Å². The van der Waals surface area contributed by atoms with Gasteiger partial charge in [0.2, 0.25) is 10.0 Å². The number of aliphatic hydroxyl groups excluding tert-OH is 1. The smallest absolute Gasteiger partial charge is 0.240 e. The van der Waals surface area contributed by atoms with E-state index in [1.54, 1.807) is 0 Å². The molecule has 1 saturated carbocycles. The summed E-state index contributed by atoms with van der Waals surface area (Å²) in [6, 6.07) is 3.82. The van der Waals surface area contributed by atoms with Crippen molar-refractivity contribution in [1.82, 2.24) is 4.72 Å². The van der Waals surface area contributed by atoms with Crippen LogP contribution < -0.4 is 10.5 Å². The number of sulfonamides is 1. The Bertz CT molecular complexity index is 589. The first kappa shape index (κ1) is 16.1. The molecule has 2 rings (SSSR count). The van der Waals surface area contributed by atoms with Crippen LogP contribution in [0.15, 0.2) is 23.1 Å². The first-order chi connectivity index (χ1) is 9.94. The van der Waals surface area contributed by atoms with Gasteiger partial charge in [0.25, 0.3) is 0 Å². The highest BCUT2D eigenvalue weighted by atomic mass is 32.2. The molecule has 1 aromatic carbocycles. The molecule has 0 aliphatic heterocycles. The fraction of sp³-hybridized carbons (Fsp3) is 0.571. The lowest BCUT2D eigenvalue weighted by Crippen LogP contribution is -2.35. The molecule has 0 saturated heterocycles. The van der Waals surface area contributed by atoms with E-state index in [0.29, 0.717) is 6.54 Å². The van der Waals surface area contributed by atoms with Crippen LogP contribution in [0, 0.1) is 11.8 Å². The highest BCUT2D eigenvalue weighted by molar-refractivity contribution is 7.89. The van der Waals surface area contributed by atoms with E-state index in [2.05, 4.69) is 4.72 Å². The Morgan fingerprint density at radius 1 is 1.24 bits per heavy atom. The van der Waals surface area contributed by atoms with E-state index in [9.17, 15) is 18.6 Å². The van der Waals surface area contributed by atoms with Crippen molar-refractivity contribution in [2.75, 3.05) is 18.9 Å². The number of phenols is 1. The van der Waals surface area contributed by atoms with Gasteiger partial charge in [-0.05, 0) is 42.9 Å². The molecule has 0 radical (unpaired) electrons. The zero-order chi connectivity index (χ0) is 15.5. The molecule has 0 heterocycles. The summed E-state index contributed by atoms with van der Waals surface area (Å²) >= 11 is 0. The van der Waals surface area contributed by atoms with E-state index in [4.69, 9.17) is 5.73 Å². The number of phenolic OH excluding ortho intramolecular Hbond substituents is 1. The third-order valence-electron chi connectivity index (χ3n) is 4.15. The van der Waals surface area contributed by atoms with Crippen LogP contribution in [-0.4, -0.2) is 31.8 Å². The molecule has 0 spiro atoms. The van der Waals surface area contributed by atoms with Crippen LogP contribution in [0.1, 0.15) is 25.7 Å². The van der Waals surface area contributed by atoms with Crippen molar-refractivity contribution in [3.8, 4) is 5.75 Å². The van der Waals surface area contributed by atoms with Gasteiger partial charge in [0, 0.05) is 13.2 Å². The number of nitrogens with one attached hydrogen (secondary N) is 1. The summed E-state index contributed by atoms with van der Waals surface area (Å²) < 4.78 is 27.0. The molecule has 21 heavy (non-hydrogen) atoms. The van der Waals surface area contributed by atoms with Crippen LogP contribution in [0.2, 0.25) is 0 Å². The van der Waals surface area contributed by atoms with E-state index in [1.807, 2.05) is 0 Å². The molecule has 2 unspecified atom stereocenters. The van der Waals surface area contributed by atoms with Crippen molar-refractivity contribution in [3.63, 3.8) is 0 Å². The van der Waals surface area contributed by atoms with Crippen molar-refractivity contribution in [2.45, 2.75) is 30.6 Å². The Hall–Kier alpha value is -1.31. The Morgan fingerprint density at radius 2 is 1.90 bits per heavy atom. The lowest BCUT2D eigenvalue weighted by molar-refractivity contribution is 0.136. The molecular formula is C14H22N2O4S. The SMILES string of the molecule is Nc1cc(S(=O)(=O)NCC2CCCCC2CO)ccc1O. The minimum absolute atomic E-state index is 0.0313. The molecule has 0 amide bonds. The van der Waals surface area contributed by atoms with Gasteiger partial charge >= 0.3 is 0 Å².